The lowest BCUT2D eigenvalue weighted by molar-refractivity contribution is 0.289. The first-order valence-electron chi connectivity index (χ1n) is 5.54. The molecule has 0 bridgehead atoms. The zero-order chi connectivity index (χ0) is 13.8. The predicted molar refractivity (Wildman–Crippen MR) is 80.5 cm³/mol. The van der Waals surface area contributed by atoms with Crippen LogP contribution in [0.1, 0.15) is 0 Å². The molecule has 0 aliphatic heterocycles. The second-order valence-corrected chi connectivity index (χ2v) is 5.51. The van der Waals surface area contributed by atoms with Gasteiger partial charge in [0.15, 0.2) is 0 Å². The van der Waals surface area contributed by atoms with E-state index in [2.05, 4.69) is 37.0 Å². The SMILES string of the molecule is COc1cc(Br)c(OCCn2cc(N)cn2)cc1Br. The topological polar surface area (TPSA) is 62.3 Å². The van der Waals surface area contributed by atoms with Crippen molar-refractivity contribution in [1.82, 2.24) is 9.78 Å². The minimum atomic E-state index is 0.499. The molecule has 0 unspecified atom stereocenters. The summed E-state index contributed by atoms with van der Waals surface area (Å²) in [5.41, 5.74) is 6.23. The number of hydrogen-bond acceptors (Lipinski definition) is 4. The summed E-state index contributed by atoms with van der Waals surface area (Å²) in [6.45, 7) is 1.13. The van der Waals surface area contributed by atoms with Gasteiger partial charge in [-0.15, -0.1) is 0 Å². The van der Waals surface area contributed by atoms with Crippen molar-refractivity contribution >= 4 is 37.5 Å². The third-order valence-electron chi connectivity index (χ3n) is 2.44. The van der Waals surface area contributed by atoms with Crippen molar-refractivity contribution in [2.24, 2.45) is 0 Å². The van der Waals surface area contributed by atoms with Crippen LogP contribution in [-0.4, -0.2) is 23.5 Å². The molecule has 1 aromatic carbocycles. The molecule has 2 rings (SSSR count). The van der Waals surface area contributed by atoms with E-state index < -0.39 is 0 Å². The summed E-state index contributed by atoms with van der Waals surface area (Å²) in [5.74, 6) is 1.49. The second-order valence-electron chi connectivity index (χ2n) is 3.80. The molecule has 7 heteroatoms. The molecule has 0 saturated heterocycles. The molecule has 0 saturated carbocycles. The number of nitrogen functional groups attached to an aromatic ring is 1. The van der Waals surface area contributed by atoms with Crippen LogP contribution < -0.4 is 15.2 Å². The Morgan fingerprint density at radius 2 is 1.95 bits per heavy atom. The normalized spacial score (nSPS) is 10.5. The fourth-order valence-electron chi connectivity index (χ4n) is 1.53. The van der Waals surface area contributed by atoms with E-state index in [1.807, 2.05) is 12.1 Å². The van der Waals surface area contributed by atoms with Gasteiger partial charge in [0, 0.05) is 6.20 Å². The largest absolute Gasteiger partial charge is 0.496 e. The Hall–Kier alpha value is -1.21. The Labute approximate surface area is 127 Å². The number of aromatic nitrogens is 2. The standard InChI is InChI=1S/C12H13Br2N3O2/c1-18-11-4-10(14)12(5-9(11)13)19-3-2-17-7-8(15)6-16-17/h4-7H,2-3,15H2,1H3. The summed E-state index contributed by atoms with van der Waals surface area (Å²) < 4.78 is 14.3. The number of anilines is 1. The van der Waals surface area contributed by atoms with E-state index in [9.17, 15) is 0 Å². The molecule has 0 radical (unpaired) electrons. The van der Waals surface area contributed by atoms with Crippen molar-refractivity contribution in [2.45, 2.75) is 6.54 Å². The highest BCUT2D eigenvalue weighted by Gasteiger charge is 2.08. The van der Waals surface area contributed by atoms with E-state index >= 15 is 0 Å². The van der Waals surface area contributed by atoms with Crippen LogP contribution in [0.3, 0.4) is 0 Å². The van der Waals surface area contributed by atoms with Gasteiger partial charge >= 0.3 is 0 Å². The molecule has 1 aromatic heterocycles. The molecule has 102 valence electrons. The third-order valence-corrected chi connectivity index (χ3v) is 3.68. The van der Waals surface area contributed by atoms with Crippen LogP contribution in [0.25, 0.3) is 0 Å². The van der Waals surface area contributed by atoms with Crippen molar-refractivity contribution in [3.8, 4) is 11.5 Å². The molecule has 5 nitrogen and oxygen atoms in total. The van der Waals surface area contributed by atoms with Crippen LogP contribution >= 0.6 is 31.9 Å². The van der Waals surface area contributed by atoms with Gasteiger partial charge in [-0.05, 0) is 44.0 Å². The minimum absolute atomic E-state index is 0.499. The quantitative estimate of drug-likeness (QED) is 0.852. The van der Waals surface area contributed by atoms with Gasteiger partial charge in [-0.25, -0.2) is 0 Å². The maximum Gasteiger partial charge on any atom is 0.134 e. The van der Waals surface area contributed by atoms with Crippen LogP contribution in [0.5, 0.6) is 11.5 Å². The molecule has 19 heavy (non-hydrogen) atoms. The fourth-order valence-corrected chi connectivity index (χ4v) is 2.45. The first-order chi connectivity index (χ1) is 9.10. The van der Waals surface area contributed by atoms with Gasteiger partial charge < -0.3 is 15.2 Å². The van der Waals surface area contributed by atoms with Crippen molar-refractivity contribution in [1.29, 1.82) is 0 Å². The molecule has 0 amide bonds. The molecule has 0 aliphatic carbocycles. The molecular weight excluding hydrogens is 378 g/mol. The zero-order valence-electron chi connectivity index (χ0n) is 10.3. The highest BCUT2D eigenvalue weighted by atomic mass is 79.9. The lowest BCUT2D eigenvalue weighted by Gasteiger charge is -2.11. The molecule has 0 atom stereocenters. The Balaban J connectivity index is 1.98. The number of nitrogens with two attached hydrogens (primary N) is 1. The van der Waals surface area contributed by atoms with Crippen molar-refractivity contribution in [3.63, 3.8) is 0 Å². The van der Waals surface area contributed by atoms with Gasteiger partial charge in [-0.2, -0.15) is 5.10 Å². The van der Waals surface area contributed by atoms with E-state index in [0.717, 1.165) is 20.4 Å². The van der Waals surface area contributed by atoms with Gasteiger partial charge in [0.1, 0.15) is 18.1 Å². The first kappa shape index (κ1) is 14.2. The molecule has 2 aromatic rings. The number of ether oxygens (including phenoxy) is 2. The molecule has 2 N–H and O–H groups in total. The van der Waals surface area contributed by atoms with E-state index in [-0.39, 0.29) is 0 Å². The van der Waals surface area contributed by atoms with E-state index in [1.54, 1.807) is 24.2 Å². The van der Waals surface area contributed by atoms with E-state index in [0.29, 0.717) is 18.8 Å². The Bertz CT molecular complexity index is 572. The van der Waals surface area contributed by atoms with Crippen molar-refractivity contribution in [3.05, 3.63) is 33.5 Å². The Kier molecular flexibility index (Phi) is 4.71. The van der Waals surface area contributed by atoms with Gasteiger partial charge in [-0.3, -0.25) is 4.68 Å². The van der Waals surface area contributed by atoms with Gasteiger partial charge in [0.05, 0.1) is 34.5 Å². The van der Waals surface area contributed by atoms with E-state index in [1.165, 1.54) is 0 Å². The number of halogens is 2. The summed E-state index contributed by atoms with van der Waals surface area (Å²) in [6, 6.07) is 3.71. The van der Waals surface area contributed by atoms with E-state index in [4.69, 9.17) is 15.2 Å². The summed E-state index contributed by atoms with van der Waals surface area (Å²) in [4.78, 5) is 0. The van der Waals surface area contributed by atoms with Crippen molar-refractivity contribution in [2.75, 3.05) is 19.5 Å². The van der Waals surface area contributed by atoms with Crippen LogP contribution in [0.2, 0.25) is 0 Å². The van der Waals surface area contributed by atoms with Crippen LogP contribution in [-0.2, 0) is 6.54 Å². The number of nitrogens with zero attached hydrogens (tertiary/aromatic N) is 2. The number of hydrogen-bond donors (Lipinski definition) is 1. The molecular formula is C12H13Br2N3O2. The van der Waals surface area contributed by atoms with Crippen molar-refractivity contribution < 1.29 is 9.47 Å². The third kappa shape index (κ3) is 3.63. The molecule has 0 fully saturated rings. The summed E-state index contributed by atoms with van der Waals surface area (Å²) in [5, 5.41) is 4.09. The number of benzene rings is 1. The second kappa shape index (κ2) is 6.29. The predicted octanol–water partition coefficient (Wildman–Crippen LogP) is 3.08. The lowest BCUT2D eigenvalue weighted by Crippen LogP contribution is -2.08. The van der Waals surface area contributed by atoms with Gasteiger partial charge in [0.25, 0.3) is 0 Å². The highest BCUT2D eigenvalue weighted by molar-refractivity contribution is 9.11. The average molecular weight is 391 g/mol. The molecule has 0 spiro atoms. The van der Waals surface area contributed by atoms with Crippen LogP contribution in [0.4, 0.5) is 5.69 Å². The fraction of sp³-hybridized carbons (Fsp3) is 0.250. The Morgan fingerprint density at radius 1 is 1.26 bits per heavy atom. The summed E-state index contributed by atoms with van der Waals surface area (Å²) >= 11 is 6.87. The first-order valence-corrected chi connectivity index (χ1v) is 7.12. The Morgan fingerprint density at radius 3 is 2.58 bits per heavy atom. The zero-order valence-corrected chi connectivity index (χ0v) is 13.4. The summed E-state index contributed by atoms with van der Waals surface area (Å²) in [6.07, 6.45) is 3.38. The van der Waals surface area contributed by atoms with Crippen LogP contribution in [0.15, 0.2) is 33.5 Å². The maximum absolute atomic E-state index is 5.70. The smallest absolute Gasteiger partial charge is 0.134 e. The number of rotatable bonds is 5. The number of methoxy groups -OCH3 is 1. The highest BCUT2D eigenvalue weighted by Crippen LogP contribution is 2.35. The summed E-state index contributed by atoms with van der Waals surface area (Å²) in [7, 11) is 1.62. The maximum atomic E-state index is 5.70. The lowest BCUT2D eigenvalue weighted by atomic mass is 10.3. The minimum Gasteiger partial charge on any atom is -0.496 e. The van der Waals surface area contributed by atoms with Crippen LogP contribution in [0, 0.1) is 0 Å². The molecule has 0 aliphatic rings. The monoisotopic (exact) mass is 389 g/mol. The van der Waals surface area contributed by atoms with Gasteiger partial charge in [-0.1, -0.05) is 0 Å². The average Bonchev–Trinajstić information content (AvgIpc) is 2.79. The van der Waals surface area contributed by atoms with Gasteiger partial charge in [0.2, 0.25) is 0 Å². The molecule has 1 heterocycles.